The number of hydrazone groups is 1. The van der Waals surface area contributed by atoms with Crippen molar-refractivity contribution in [1.29, 1.82) is 0 Å². The van der Waals surface area contributed by atoms with Crippen molar-refractivity contribution in [2.75, 3.05) is 14.2 Å². The minimum Gasteiger partial charge on any atom is -0.497 e. The predicted octanol–water partition coefficient (Wildman–Crippen LogP) is 3.41. The van der Waals surface area contributed by atoms with Gasteiger partial charge in [0.05, 0.1) is 25.4 Å². The van der Waals surface area contributed by atoms with Crippen molar-refractivity contribution in [2.24, 2.45) is 5.10 Å². The molecule has 132 valence electrons. The van der Waals surface area contributed by atoms with Gasteiger partial charge in [-0.3, -0.25) is 4.79 Å². The van der Waals surface area contributed by atoms with Crippen molar-refractivity contribution in [3.05, 3.63) is 65.9 Å². The molecule has 0 atom stereocenters. The van der Waals surface area contributed by atoms with Gasteiger partial charge < -0.3 is 9.47 Å². The molecule has 0 bridgehead atoms. The Balaban J connectivity index is 1.80. The molecule has 1 aromatic heterocycles. The van der Waals surface area contributed by atoms with Crippen LogP contribution in [0.25, 0.3) is 10.9 Å². The molecule has 0 aliphatic heterocycles. The number of ether oxygens (including phenoxy) is 2. The van der Waals surface area contributed by atoms with Crippen molar-refractivity contribution in [3.63, 3.8) is 0 Å². The number of carbonyl (C=O) groups excluding carboxylic acids is 1. The van der Waals surface area contributed by atoms with Gasteiger partial charge in [-0.15, -0.1) is 0 Å². The molecule has 3 aromatic rings. The highest BCUT2D eigenvalue weighted by atomic mass is 16.5. The second-order valence-electron chi connectivity index (χ2n) is 5.59. The number of pyridine rings is 1. The molecule has 6 nitrogen and oxygen atoms in total. The molecule has 0 saturated carbocycles. The fraction of sp³-hybridized carbons (Fsp3) is 0.150. The van der Waals surface area contributed by atoms with Gasteiger partial charge in [0.15, 0.2) is 0 Å². The zero-order valence-electron chi connectivity index (χ0n) is 14.8. The number of aromatic nitrogens is 1. The maximum absolute atomic E-state index is 12.3. The minimum atomic E-state index is -0.373. The van der Waals surface area contributed by atoms with Crippen LogP contribution >= 0.6 is 0 Å². The summed E-state index contributed by atoms with van der Waals surface area (Å²) in [6.45, 7) is 1.79. The standard InChI is InChI=1S/C20H19N3O3/c1-13(16-10-9-15(25-2)12-19(16)26-3)22-23-20(24)18-11-8-14-6-4-5-7-17(14)21-18/h4-12H,1-3H3,(H,23,24). The topological polar surface area (TPSA) is 72.8 Å². The first-order valence-electron chi connectivity index (χ1n) is 8.05. The first-order valence-corrected chi connectivity index (χ1v) is 8.05. The number of para-hydroxylation sites is 1. The smallest absolute Gasteiger partial charge is 0.289 e. The molecule has 6 heteroatoms. The molecular formula is C20H19N3O3. The van der Waals surface area contributed by atoms with Crippen LogP contribution in [0, 0.1) is 0 Å². The van der Waals surface area contributed by atoms with E-state index in [2.05, 4.69) is 15.5 Å². The van der Waals surface area contributed by atoms with Crippen LogP contribution in [0.4, 0.5) is 0 Å². The Hall–Kier alpha value is -3.41. The Bertz CT molecular complexity index is 983. The van der Waals surface area contributed by atoms with Crippen LogP contribution in [-0.4, -0.2) is 30.8 Å². The van der Waals surface area contributed by atoms with E-state index in [1.54, 1.807) is 33.3 Å². The second kappa shape index (κ2) is 7.65. The molecule has 3 rings (SSSR count). The fourth-order valence-corrected chi connectivity index (χ4v) is 2.54. The van der Waals surface area contributed by atoms with Crippen molar-refractivity contribution < 1.29 is 14.3 Å². The third kappa shape index (κ3) is 3.64. The Morgan fingerprint density at radius 3 is 2.62 bits per heavy atom. The Kier molecular flexibility index (Phi) is 5.12. The van der Waals surface area contributed by atoms with Gasteiger partial charge in [0.1, 0.15) is 17.2 Å². The van der Waals surface area contributed by atoms with Crippen LogP contribution in [0.1, 0.15) is 23.0 Å². The van der Waals surface area contributed by atoms with E-state index in [0.29, 0.717) is 22.9 Å². The molecule has 26 heavy (non-hydrogen) atoms. The maximum Gasteiger partial charge on any atom is 0.289 e. The Morgan fingerprint density at radius 1 is 1.04 bits per heavy atom. The quantitative estimate of drug-likeness (QED) is 0.566. The summed E-state index contributed by atoms with van der Waals surface area (Å²) in [5.41, 5.74) is 4.98. The Morgan fingerprint density at radius 2 is 1.85 bits per heavy atom. The highest BCUT2D eigenvalue weighted by molar-refractivity contribution is 6.02. The van der Waals surface area contributed by atoms with Crippen LogP contribution in [0.5, 0.6) is 11.5 Å². The minimum absolute atomic E-state index is 0.307. The van der Waals surface area contributed by atoms with Gasteiger partial charge in [0.25, 0.3) is 5.91 Å². The van der Waals surface area contributed by atoms with Crippen molar-refractivity contribution in [1.82, 2.24) is 10.4 Å². The first kappa shape index (κ1) is 17.4. The predicted molar refractivity (Wildman–Crippen MR) is 101 cm³/mol. The Labute approximate surface area is 151 Å². The average Bonchev–Trinajstić information content (AvgIpc) is 2.70. The first-order chi connectivity index (χ1) is 12.6. The molecule has 1 heterocycles. The normalized spacial score (nSPS) is 11.3. The van der Waals surface area contributed by atoms with Gasteiger partial charge in [0.2, 0.25) is 0 Å². The molecule has 0 spiro atoms. The zero-order chi connectivity index (χ0) is 18.5. The van der Waals surface area contributed by atoms with E-state index in [9.17, 15) is 4.79 Å². The number of amides is 1. The van der Waals surface area contributed by atoms with E-state index >= 15 is 0 Å². The van der Waals surface area contributed by atoms with Crippen molar-refractivity contribution >= 4 is 22.5 Å². The zero-order valence-corrected chi connectivity index (χ0v) is 14.8. The summed E-state index contributed by atoms with van der Waals surface area (Å²) in [5, 5.41) is 5.15. The summed E-state index contributed by atoms with van der Waals surface area (Å²) < 4.78 is 10.5. The molecule has 0 saturated heterocycles. The van der Waals surface area contributed by atoms with Gasteiger partial charge in [0, 0.05) is 17.0 Å². The van der Waals surface area contributed by atoms with E-state index in [0.717, 1.165) is 16.5 Å². The van der Waals surface area contributed by atoms with Crippen molar-refractivity contribution in [2.45, 2.75) is 6.92 Å². The summed E-state index contributed by atoms with van der Waals surface area (Å²) in [6, 6.07) is 16.6. The third-order valence-electron chi connectivity index (χ3n) is 3.95. The molecule has 0 aliphatic rings. The molecule has 0 fully saturated rings. The SMILES string of the molecule is COc1ccc(C(C)=NNC(=O)c2ccc3ccccc3n2)c(OC)c1. The van der Waals surface area contributed by atoms with Crippen LogP contribution in [0.3, 0.4) is 0 Å². The number of nitrogens with zero attached hydrogens (tertiary/aromatic N) is 2. The molecule has 1 amide bonds. The largest absolute Gasteiger partial charge is 0.497 e. The number of carbonyl (C=O) groups is 1. The lowest BCUT2D eigenvalue weighted by atomic mass is 10.1. The summed E-state index contributed by atoms with van der Waals surface area (Å²) in [6.07, 6.45) is 0. The fourth-order valence-electron chi connectivity index (χ4n) is 2.54. The number of hydrogen-bond acceptors (Lipinski definition) is 5. The monoisotopic (exact) mass is 349 g/mol. The average molecular weight is 349 g/mol. The lowest BCUT2D eigenvalue weighted by Gasteiger charge is -2.10. The van der Waals surface area contributed by atoms with E-state index < -0.39 is 0 Å². The van der Waals surface area contributed by atoms with Gasteiger partial charge in [-0.1, -0.05) is 24.3 Å². The van der Waals surface area contributed by atoms with Gasteiger partial charge in [-0.25, -0.2) is 10.4 Å². The van der Waals surface area contributed by atoms with Crippen LogP contribution < -0.4 is 14.9 Å². The van der Waals surface area contributed by atoms with Crippen LogP contribution in [0.2, 0.25) is 0 Å². The maximum atomic E-state index is 12.3. The summed E-state index contributed by atoms with van der Waals surface area (Å²) in [7, 11) is 3.16. The molecule has 0 unspecified atom stereocenters. The lowest BCUT2D eigenvalue weighted by molar-refractivity contribution is 0.0950. The third-order valence-corrected chi connectivity index (χ3v) is 3.95. The van der Waals surface area contributed by atoms with Gasteiger partial charge >= 0.3 is 0 Å². The second-order valence-corrected chi connectivity index (χ2v) is 5.59. The highest BCUT2D eigenvalue weighted by Gasteiger charge is 2.10. The van der Waals surface area contributed by atoms with E-state index in [-0.39, 0.29) is 5.91 Å². The number of nitrogens with one attached hydrogen (secondary N) is 1. The van der Waals surface area contributed by atoms with E-state index in [1.807, 2.05) is 42.5 Å². The number of fused-ring (bicyclic) bond motifs is 1. The number of methoxy groups -OCH3 is 2. The van der Waals surface area contributed by atoms with Crippen LogP contribution in [0.15, 0.2) is 59.7 Å². The summed E-state index contributed by atoms with van der Waals surface area (Å²) >= 11 is 0. The molecular weight excluding hydrogens is 330 g/mol. The number of rotatable bonds is 5. The molecule has 2 aromatic carbocycles. The molecule has 1 N–H and O–H groups in total. The van der Waals surface area contributed by atoms with Gasteiger partial charge in [-0.05, 0) is 31.2 Å². The summed E-state index contributed by atoms with van der Waals surface area (Å²) in [4.78, 5) is 16.7. The van der Waals surface area contributed by atoms with E-state index in [1.165, 1.54) is 0 Å². The number of hydrogen-bond donors (Lipinski definition) is 1. The highest BCUT2D eigenvalue weighted by Crippen LogP contribution is 2.25. The molecule has 0 aliphatic carbocycles. The molecule has 0 radical (unpaired) electrons. The van der Waals surface area contributed by atoms with Crippen molar-refractivity contribution in [3.8, 4) is 11.5 Å². The van der Waals surface area contributed by atoms with Gasteiger partial charge in [-0.2, -0.15) is 5.10 Å². The van der Waals surface area contributed by atoms with E-state index in [4.69, 9.17) is 9.47 Å². The number of benzene rings is 2. The van der Waals surface area contributed by atoms with Crippen LogP contribution in [-0.2, 0) is 0 Å². The lowest BCUT2D eigenvalue weighted by Crippen LogP contribution is -2.20. The summed E-state index contributed by atoms with van der Waals surface area (Å²) in [5.74, 6) is 0.925.